The number of aliphatic hydroxyl groups excluding tert-OH is 1. The molecule has 1 unspecified atom stereocenters. The van der Waals surface area contributed by atoms with Gasteiger partial charge in [0.05, 0.1) is 6.10 Å². The van der Waals surface area contributed by atoms with Crippen molar-refractivity contribution in [1.82, 2.24) is 0 Å². The Labute approximate surface area is 197 Å². The number of fused-ring (bicyclic) bond motifs is 5. The van der Waals surface area contributed by atoms with Gasteiger partial charge in [-0.1, -0.05) is 64.8 Å². The second-order valence-electron chi connectivity index (χ2n) is 13.6. The molecule has 3 saturated carbocycles. The smallest absolute Gasteiger partial charge is 0.138 e. The van der Waals surface area contributed by atoms with Gasteiger partial charge in [-0.3, -0.25) is 4.79 Å². The fourth-order valence-corrected chi connectivity index (χ4v) is 9.46. The number of aliphatic hydroxyl groups is 1. The van der Waals surface area contributed by atoms with Gasteiger partial charge in [0.2, 0.25) is 0 Å². The van der Waals surface area contributed by atoms with Gasteiger partial charge < -0.3 is 5.11 Å². The first-order valence-corrected chi connectivity index (χ1v) is 13.3. The molecule has 0 bridgehead atoms. The Kier molecular flexibility index (Phi) is 5.93. The van der Waals surface area contributed by atoms with Gasteiger partial charge in [-0.05, 0) is 98.7 Å². The fraction of sp³-hybridized carbons (Fsp3) is 0.833. The third kappa shape index (κ3) is 3.33. The highest BCUT2D eigenvalue weighted by Crippen LogP contribution is 2.73. The number of allylic oxidation sites excluding steroid dienone is 3. The zero-order chi connectivity index (χ0) is 23.7. The van der Waals surface area contributed by atoms with Crippen LogP contribution in [-0.4, -0.2) is 17.0 Å². The molecular formula is C30H48O2. The Morgan fingerprint density at radius 3 is 2.47 bits per heavy atom. The predicted molar refractivity (Wildman–Crippen MR) is 133 cm³/mol. The highest BCUT2D eigenvalue weighted by atomic mass is 16.3. The lowest BCUT2D eigenvalue weighted by Gasteiger charge is -2.63. The van der Waals surface area contributed by atoms with Crippen LogP contribution in [-0.2, 0) is 4.79 Å². The van der Waals surface area contributed by atoms with Crippen LogP contribution in [0, 0.1) is 45.3 Å². The molecular weight excluding hydrogens is 392 g/mol. The lowest BCUT2D eigenvalue weighted by molar-refractivity contribution is -0.146. The Hall–Kier alpha value is -0.890. The SMILES string of the molecule is CC(C)=CC(O)C[C@H](C)[C@@H]1CC[C@]2(C)C3=CC[C@H]4C(C)(C)C(=O)CC[C@]4(C)[C@H]3CC[C@@]12C. The summed E-state index contributed by atoms with van der Waals surface area (Å²) in [5, 5.41) is 10.6. The maximum Gasteiger partial charge on any atom is 0.138 e. The Morgan fingerprint density at radius 2 is 1.81 bits per heavy atom. The number of ketones is 1. The maximum atomic E-state index is 12.8. The van der Waals surface area contributed by atoms with Crippen molar-refractivity contribution in [2.45, 2.75) is 113 Å². The summed E-state index contributed by atoms with van der Waals surface area (Å²) < 4.78 is 0. The van der Waals surface area contributed by atoms with Crippen LogP contribution in [0.5, 0.6) is 0 Å². The quantitative estimate of drug-likeness (QED) is 0.459. The monoisotopic (exact) mass is 440 g/mol. The van der Waals surface area contributed by atoms with Gasteiger partial charge in [-0.2, -0.15) is 0 Å². The summed E-state index contributed by atoms with van der Waals surface area (Å²) in [4.78, 5) is 12.8. The topological polar surface area (TPSA) is 37.3 Å². The molecule has 0 amide bonds. The molecule has 0 aromatic heterocycles. The van der Waals surface area contributed by atoms with Crippen molar-refractivity contribution in [3.05, 3.63) is 23.3 Å². The normalized spacial score (nSPS) is 44.6. The van der Waals surface area contributed by atoms with Crippen LogP contribution in [0.15, 0.2) is 23.3 Å². The molecule has 180 valence electrons. The third-order valence-corrected chi connectivity index (χ3v) is 11.5. The van der Waals surface area contributed by atoms with Crippen LogP contribution in [0.3, 0.4) is 0 Å². The minimum atomic E-state index is -0.322. The lowest BCUT2D eigenvalue weighted by Crippen LogP contribution is -2.57. The van der Waals surface area contributed by atoms with Crippen molar-refractivity contribution < 1.29 is 9.90 Å². The van der Waals surface area contributed by atoms with Crippen LogP contribution in [0.25, 0.3) is 0 Å². The van der Waals surface area contributed by atoms with Crippen LogP contribution < -0.4 is 0 Å². The van der Waals surface area contributed by atoms with Crippen LogP contribution in [0.4, 0.5) is 0 Å². The maximum absolute atomic E-state index is 12.8. The highest BCUT2D eigenvalue weighted by molar-refractivity contribution is 5.85. The molecule has 8 atom stereocenters. The molecule has 1 N–H and O–H groups in total. The van der Waals surface area contributed by atoms with E-state index in [1.54, 1.807) is 5.57 Å². The molecule has 0 spiro atoms. The zero-order valence-electron chi connectivity index (χ0n) is 22.1. The van der Waals surface area contributed by atoms with Gasteiger partial charge >= 0.3 is 0 Å². The van der Waals surface area contributed by atoms with Gasteiger partial charge in [0.15, 0.2) is 0 Å². The highest BCUT2D eigenvalue weighted by Gasteiger charge is 2.65. The second-order valence-corrected chi connectivity index (χ2v) is 13.6. The molecule has 2 nitrogen and oxygen atoms in total. The minimum absolute atomic E-state index is 0.190. The summed E-state index contributed by atoms with van der Waals surface area (Å²) >= 11 is 0. The van der Waals surface area contributed by atoms with Gasteiger partial charge in [-0.15, -0.1) is 0 Å². The number of Topliss-reactive ketones (excluding diaryl/α,β-unsaturated/α-hetero) is 1. The number of rotatable bonds is 4. The van der Waals surface area contributed by atoms with Crippen molar-refractivity contribution in [3.8, 4) is 0 Å². The molecule has 4 aliphatic rings. The summed E-state index contributed by atoms with van der Waals surface area (Å²) in [6.07, 6.45) is 13.2. The molecule has 32 heavy (non-hydrogen) atoms. The average molecular weight is 441 g/mol. The molecule has 0 heterocycles. The lowest BCUT2D eigenvalue weighted by atomic mass is 9.41. The Balaban J connectivity index is 1.64. The molecule has 0 aliphatic heterocycles. The first kappa shape index (κ1) is 24.2. The van der Waals surface area contributed by atoms with Crippen LogP contribution in [0.1, 0.15) is 107 Å². The number of carbonyl (C=O) groups is 1. The zero-order valence-corrected chi connectivity index (χ0v) is 22.1. The van der Waals surface area contributed by atoms with Gasteiger partial charge in [0.1, 0.15) is 5.78 Å². The van der Waals surface area contributed by atoms with E-state index in [9.17, 15) is 9.90 Å². The van der Waals surface area contributed by atoms with E-state index in [-0.39, 0.29) is 22.3 Å². The molecule has 0 aromatic carbocycles. The summed E-state index contributed by atoms with van der Waals surface area (Å²) in [7, 11) is 0. The summed E-state index contributed by atoms with van der Waals surface area (Å²) in [6, 6.07) is 0. The van der Waals surface area contributed by atoms with Crippen LogP contribution >= 0.6 is 0 Å². The van der Waals surface area contributed by atoms with E-state index in [0.29, 0.717) is 34.9 Å². The molecule has 0 saturated heterocycles. The molecule has 4 rings (SSSR count). The van der Waals surface area contributed by atoms with Gasteiger partial charge in [0.25, 0.3) is 0 Å². The van der Waals surface area contributed by atoms with Gasteiger partial charge in [0, 0.05) is 11.8 Å². The number of hydrogen-bond acceptors (Lipinski definition) is 2. The van der Waals surface area contributed by atoms with Crippen molar-refractivity contribution in [2.24, 2.45) is 45.3 Å². The van der Waals surface area contributed by atoms with E-state index in [1.807, 2.05) is 6.08 Å². The molecule has 0 aromatic rings. The third-order valence-electron chi connectivity index (χ3n) is 11.5. The van der Waals surface area contributed by atoms with E-state index in [1.165, 1.54) is 31.3 Å². The fourth-order valence-electron chi connectivity index (χ4n) is 9.46. The number of carbonyl (C=O) groups excluding carboxylic acids is 1. The van der Waals surface area contributed by atoms with Crippen molar-refractivity contribution >= 4 is 5.78 Å². The van der Waals surface area contributed by atoms with E-state index >= 15 is 0 Å². The van der Waals surface area contributed by atoms with Crippen LogP contribution in [0.2, 0.25) is 0 Å². The molecule has 0 radical (unpaired) electrons. The number of hydrogen-bond donors (Lipinski definition) is 1. The summed E-state index contributed by atoms with van der Waals surface area (Å²) in [5.74, 6) is 2.80. The van der Waals surface area contributed by atoms with Crippen molar-refractivity contribution in [2.75, 3.05) is 0 Å². The largest absolute Gasteiger partial charge is 0.389 e. The van der Waals surface area contributed by atoms with E-state index < -0.39 is 0 Å². The second kappa shape index (κ2) is 7.82. The molecule has 3 fully saturated rings. The average Bonchev–Trinajstić information content (AvgIpc) is 2.96. The summed E-state index contributed by atoms with van der Waals surface area (Å²) in [6.45, 7) is 18.7. The first-order valence-electron chi connectivity index (χ1n) is 13.3. The van der Waals surface area contributed by atoms with Crippen molar-refractivity contribution in [3.63, 3.8) is 0 Å². The van der Waals surface area contributed by atoms with Crippen molar-refractivity contribution in [1.29, 1.82) is 0 Å². The van der Waals surface area contributed by atoms with E-state index in [4.69, 9.17) is 0 Å². The van der Waals surface area contributed by atoms with Gasteiger partial charge in [-0.25, -0.2) is 0 Å². The minimum Gasteiger partial charge on any atom is -0.389 e. The Bertz CT molecular complexity index is 830. The first-order chi connectivity index (χ1) is 14.8. The van der Waals surface area contributed by atoms with E-state index in [2.05, 4.69) is 61.5 Å². The molecule has 2 heteroatoms. The standard InChI is InChI=1S/C30H48O2/c1-19(2)17-21(31)18-20(3)22-11-15-30(8)24-9-10-25-27(4,5)26(32)13-14-28(25,6)23(24)12-16-29(22,30)7/h9,17,20-23,25,31H,10-16,18H2,1-8H3/t20-,21?,22-,23-,25-,28+,29-,30+/m0/s1. The Morgan fingerprint density at radius 1 is 1.12 bits per heavy atom. The predicted octanol–water partition coefficient (Wildman–Crippen LogP) is 7.51. The molecule has 4 aliphatic carbocycles. The van der Waals surface area contributed by atoms with E-state index in [0.717, 1.165) is 25.7 Å². The summed E-state index contributed by atoms with van der Waals surface area (Å²) in [5.41, 5.74) is 3.59.